The summed E-state index contributed by atoms with van der Waals surface area (Å²) in [5, 5.41) is 0. The number of hydrogen-bond donors (Lipinski definition) is 0. The maximum atomic E-state index is 11.1. The molecule has 0 N–H and O–H groups in total. The molecule has 1 aromatic rings. The summed E-state index contributed by atoms with van der Waals surface area (Å²) in [6.45, 7) is 0. The Kier molecular flexibility index (Phi) is 1.74. The summed E-state index contributed by atoms with van der Waals surface area (Å²) in [5.74, 6) is 1.52. The summed E-state index contributed by atoms with van der Waals surface area (Å²) in [6.07, 6.45) is 4.57. The largest absolute Gasteiger partial charge is 0.264 e. The number of fused-ring (bicyclic) bond motifs is 1. The molecule has 0 spiro atoms. The van der Waals surface area contributed by atoms with Gasteiger partial charge in [0.25, 0.3) is 0 Å². The Labute approximate surface area is 68.1 Å². The average Bonchev–Trinajstić information content (AvgIpc) is 2.04. The van der Waals surface area contributed by atoms with Gasteiger partial charge in [-0.2, -0.15) is 0 Å². The normalized spacial score (nSPS) is 22.7. The fraction of sp³-hybridized carbons (Fsp3) is 0.375. The molecule has 2 heterocycles. The molecular weight excluding hydrogens is 158 g/mol. The average molecular weight is 167 g/mol. The van der Waals surface area contributed by atoms with Crippen molar-refractivity contribution in [1.82, 2.24) is 4.98 Å². The lowest BCUT2D eigenvalue weighted by molar-refractivity contribution is 0.679. The summed E-state index contributed by atoms with van der Waals surface area (Å²) >= 11 is 0. The van der Waals surface area contributed by atoms with Crippen LogP contribution >= 0.6 is 0 Å². The minimum atomic E-state index is -0.629. The lowest BCUT2D eigenvalue weighted by Gasteiger charge is -2.13. The Morgan fingerprint density at radius 2 is 2.36 bits per heavy atom. The van der Waals surface area contributed by atoms with Gasteiger partial charge in [-0.05, 0) is 23.6 Å². The third-order valence-corrected chi connectivity index (χ3v) is 3.21. The van der Waals surface area contributed by atoms with Crippen LogP contribution in [0.25, 0.3) is 0 Å². The van der Waals surface area contributed by atoms with Gasteiger partial charge in [0, 0.05) is 34.7 Å². The topological polar surface area (TPSA) is 30.0 Å². The molecule has 1 aromatic heterocycles. The summed E-state index contributed by atoms with van der Waals surface area (Å²) in [7, 11) is -0.629. The van der Waals surface area contributed by atoms with Crippen molar-refractivity contribution in [2.75, 3.05) is 5.75 Å². The summed E-state index contributed by atoms with van der Waals surface area (Å²) in [6, 6.07) is 1.96. The SMILES string of the molecule is O=S1CCc2cnccc2C1. The van der Waals surface area contributed by atoms with Crippen LogP contribution in [0, 0.1) is 0 Å². The van der Waals surface area contributed by atoms with Crippen molar-refractivity contribution in [2.24, 2.45) is 0 Å². The molecule has 2 rings (SSSR count). The minimum Gasteiger partial charge on any atom is -0.264 e. The van der Waals surface area contributed by atoms with E-state index in [4.69, 9.17) is 0 Å². The standard InChI is InChI=1S/C8H9NOS/c10-11-4-2-7-5-9-3-1-8(7)6-11/h1,3,5H,2,4,6H2. The van der Waals surface area contributed by atoms with Crippen molar-refractivity contribution in [3.8, 4) is 0 Å². The first-order chi connectivity index (χ1) is 5.36. The smallest absolute Gasteiger partial charge is 0.0489 e. The first-order valence-corrected chi connectivity index (χ1v) is 5.12. The lowest BCUT2D eigenvalue weighted by atomic mass is 10.1. The second-order valence-corrected chi connectivity index (χ2v) is 4.26. The number of hydrogen-bond acceptors (Lipinski definition) is 2. The zero-order valence-corrected chi connectivity index (χ0v) is 6.93. The van der Waals surface area contributed by atoms with Gasteiger partial charge < -0.3 is 0 Å². The van der Waals surface area contributed by atoms with Crippen molar-refractivity contribution < 1.29 is 4.21 Å². The van der Waals surface area contributed by atoms with Gasteiger partial charge in [0.2, 0.25) is 0 Å². The molecule has 2 nitrogen and oxygen atoms in total. The van der Waals surface area contributed by atoms with E-state index in [2.05, 4.69) is 4.98 Å². The Balaban J connectivity index is 2.41. The van der Waals surface area contributed by atoms with Crippen LogP contribution in [0.15, 0.2) is 18.5 Å². The Morgan fingerprint density at radius 3 is 3.27 bits per heavy atom. The molecule has 3 heteroatoms. The highest BCUT2D eigenvalue weighted by Gasteiger charge is 2.12. The molecule has 58 valence electrons. The van der Waals surface area contributed by atoms with Crippen LogP contribution < -0.4 is 0 Å². The molecule has 0 saturated carbocycles. The van der Waals surface area contributed by atoms with Crippen molar-refractivity contribution in [3.63, 3.8) is 0 Å². The van der Waals surface area contributed by atoms with Crippen molar-refractivity contribution >= 4 is 10.8 Å². The predicted octanol–water partition coefficient (Wildman–Crippen LogP) is 0.886. The molecule has 0 aromatic carbocycles. The Morgan fingerprint density at radius 1 is 1.45 bits per heavy atom. The van der Waals surface area contributed by atoms with E-state index in [9.17, 15) is 4.21 Å². The molecular formula is C8H9NOS. The summed E-state index contributed by atoms with van der Waals surface area (Å²) in [5.41, 5.74) is 2.48. The maximum absolute atomic E-state index is 11.1. The number of nitrogens with zero attached hydrogens (tertiary/aromatic N) is 1. The van der Waals surface area contributed by atoms with Crippen molar-refractivity contribution in [1.29, 1.82) is 0 Å². The lowest BCUT2D eigenvalue weighted by Crippen LogP contribution is -2.13. The number of aryl methyl sites for hydroxylation is 1. The number of aromatic nitrogens is 1. The van der Waals surface area contributed by atoms with Gasteiger partial charge in [-0.3, -0.25) is 9.19 Å². The quantitative estimate of drug-likeness (QED) is 0.574. The third-order valence-electron chi connectivity index (χ3n) is 1.92. The van der Waals surface area contributed by atoms with Crippen LogP contribution in [0.1, 0.15) is 11.1 Å². The maximum Gasteiger partial charge on any atom is 0.0489 e. The van der Waals surface area contributed by atoms with Crippen molar-refractivity contribution in [3.05, 3.63) is 29.6 Å². The molecule has 0 saturated heterocycles. The highest BCUT2D eigenvalue weighted by atomic mass is 32.2. The Bertz CT molecular complexity index is 298. The fourth-order valence-corrected chi connectivity index (χ4v) is 2.51. The molecule has 1 aliphatic heterocycles. The fourth-order valence-electron chi connectivity index (χ4n) is 1.29. The minimum absolute atomic E-state index is 0.629. The van der Waals surface area contributed by atoms with Gasteiger partial charge in [0.15, 0.2) is 0 Å². The second-order valence-electron chi connectivity index (χ2n) is 2.68. The second kappa shape index (κ2) is 2.74. The molecule has 0 radical (unpaired) electrons. The van der Waals surface area contributed by atoms with E-state index in [1.54, 1.807) is 6.20 Å². The highest BCUT2D eigenvalue weighted by molar-refractivity contribution is 7.84. The number of pyridine rings is 1. The first kappa shape index (κ1) is 6.98. The highest BCUT2D eigenvalue weighted by Crippen LogP contribution is 2.16. The van der Waals surface area contributed by atoms with Crippen LogP contribution in [-0.2, 0) is 23.0 Å². The molecule has 0 bridgehead atoms. The first-order valence-electron chi connectivity index (χ1n) is 3.63. The van der Waals surface area contributed by atoms with E-state index < -0.39 is 10.8 Å². The van der Waals surface area contributed by atoms with E-state index in [-0.39, 0.29) is 0 Å². The zero-order chi connectivity index (χ0) is 7.68. The number of rotatable bonds is 0. The predicted molar refractivity (Wildman–Crippen MR) is 44.7 cm³/mol. The summed E-state index contributed by atoms with van der Waals surface area (Å²) in [4.78, 5) is 4.02. The monoisotopic (exact) mass is 167 g/mol. The van der Waals surface area contributed by atoms with Gasteiger partial charge in [-0.1, -0.05) is 0 Å². The van der Waals surface area contributed by atoms with Crippen LogP contribution in [0.2, 0.25) is 0 Å². The van der Waals surface area contributed by atoms with Gasteiger partial charge in [-0.25, -0.2) is 0 Å². The van der Waals surface area contributed by atoms with Crippen LogP contribution in [0.3, 0.4) is 0 Å². The summed E-state index contributed by atoms with van der Waals surface area (Å²) < 4.78 is 11.1. The molecule has 1 aliphatic rings. The third kappa shape index (κ3) is 1.33. The van der Waals surface area contributed by atoms with Gasteiger partial charge in [0.1, 0.15) is 0 Å². The van der Waals surface area contributed by atoms with E-state index in [1.807, 2.05) is 12.3 Å². The van der Waals surface area contributed by atoms with Gasteiger partial charge in [-0.15, -0.1) is 0 Å². The van der Waals surface area contributed by atoms with Crippen LogP contribution in [-0.4, -0.2) is 14.9 Å². The van der Waals surface area contributed by atoms with Crippen molar-refractivity contribution in [2.45, 2.75) is 12.2 Å². The Hall–Kier alpha value is -0.700. The molecule has 11 heavy (non-hydrogen) atoms. The molecule has 0 amide bonds. The van der Waals surface area contributed by atoms with Crippen LogP contribution in [0.4, 0.5) is 0 Å². The zero-order valence-electron chi connectivity index (χ0n) is 6.12. The van der Waals surface area contributed by atoms with E-state index in [0.29, 0.717) is 0 Å². The van der Waals surface area contributed by atoms with Gasteiger partial charge >= 0.3 is 0 Å². The van der Waals surface area contributed by atoms with Gasteiger partial charge in [0.05, 0.1) is 0 Å². The van der Waals surface area contributed by atoms with E-state index >= 15 is 0 Å². The molecule has 1 unspecified atom stereocenters. The molecule has 1 atom stereocenters. The molecule has 0 fully saturated rings. The van der Waals surface area contributed by atoms with E-state index in [1.165, 1.54) is 11.1 Å². The van der Waals surface area contributed by atoms with Crippen LogP contribution in [0.5, 0.6) is 0 Å². The van der Waals surface area contributed by atoms with E-state index in [0.717, 1.165) is 17.9 Å². The molecule has 0 aliphatic carbocycles.